The molecule has 0 aliphatic rings. The van der Waals surface area contributed by atoms with E-state index >= 15 is 0 Å². The maximum atomic E-state index is 12.9. The molecule has 0 fully saturated rings. The normalized spacial score (nSPS) is 14.7. The van der Waals surface area contributed by atoms with Crippen molar-refractivity contribution in [3.05, 3.63) is 34.6 Å². The first-order valence-corrected chi connectivity index (χ1v) is 9.11. The van der Waals surface area contributed by atoms with Crippen LogP contribution < -0.4 is 16.0 Å². The summed E-state index contributed by atoms with van der Waals surface area (Å²) in [6.07, 6.45) is 0.878. The first-order chi connectivity index (χ1) is 12.8. The lowest BCUT2D eigenvalue weighted by molar-refractivity contribution is -0.309. The van der Waals surface area contributed by atoms with Crippen molar-refractivity contribution in [1.82, 2.24) is 20.3 Å². The fraction of sp³-hybridized carbons (Fsp3) is 0.526. The molecule has 146 valence electrons. The number of hydrogen-bond acceptors (Lipinski definition) is 6. The second-order valence-corrected chi connectivity index (χ2v) is 7.19. The summed E-state index contributed by atoms with van der Waals surface area (Å²) in [7, 11) is 0. The van der Waals surface area contributed by atoms with Gasteiger partial charge in [-0.1, -0.05) is 51.5 Å². The molecular formula is C19H25N4O4-. The molecule has 0 aliphatic heterocycles. The number of hydrogen-bond donors (Lipinski definition) is 1. The monoisotopic (exact) mass is 373 g/mol. The predicted molar refractivity (Wildman–Crippen MR) is 98.7 cm³/mol. The maximum absolute atomic E-state index is 12.9. The van der Waals surface area contributed by atoms with Gasteiger partial charge in [-0.05, 0) is 30.4 Å². The van der Waals surface area contributed by atoms with Crippen LogP contribution in [0.15, 0.2) is 29.1 Å². The van der Waals surface area contributed by atoms with E-state index in [1.165, 1.54) is 0 Å². The second-order valence-electron chi connectivity index (χ2n) is 7.19. The summed E-state index contributed by atoms with van der Waals surface area (Å²) in [4.78, 5) is 37.1. The SMILES string of the molecule is CC[C@@H](C)[C@H](NC(=O)[C@@H](CC(C)C)n1nnc2ccccc2c1=O)C(=O)[O-]. The molecule has 1 heterocycles. The Morgan fingerprint density at radius 3 is 2.48 bits per heavy atom. The van der Waals surface area contributed by atoms with Crippen LogP contribution in [0.5, 0.6) is 0 Å². The van der Waals surface area contributed by atoms with Gasteiger partial charge < -0.3 is 15.2 Å². The van der Waals surface area contributed by atoms with E-state index in [0.717, 1.165) is 4.68 Å². The van der Waals surface area contributed by atoms with E-state index in [0.29, 0.717) is 23.7 Å². The summed E-state index contributed by atoms with van der Waals surface area (Å²) < 4.78 is 1.04. The van der Waals surface area contributed by atoms with Gasteiger partial charge >= 0.3 is 0 Å². The van der Waals surface area contributed by atoms with Gasteiger partial charge in [0.05, 0.1) is 17.4 Å². The number of carboxylic acid groups (broad SMARTS) is 1. The highest BCUT2D eigenvalue weighted by Crippen LogP contribution is 2.18. The largest absolute Gasteiger partial charge is 0.548 e. The molecule has 0 spiro atoms. The highest BCUT2D eigenvalue weighted by atomic mass is 16.4. The lowest BCUT2D eigenvalue weighted by Crippen LogP contribution is -2.53. The summed E-state index contributed by atoms with van der Waals surface area (Å²) in [6, 6.07) is 4.65. The van der Waals surface area contributed by atoms with Gasteiger partial charge in [0.15, 0.2) is 0 Å². The molecular weight excluding hydrogens is 348 g/mol. The molecule has 1 aromatic heterocycles. The fourth-order valence-corrected chi connectivity index (χ4v) is 2.89. The summed E-state index contributed by atoms with van der Waals surface area (Å²) in [5.74, 6) is -2.16. The number of carbonyl (C=O) groups excluding carboxylic acids is 2. The zero-order chi connectivity index (χ0) is 20.1. The van der Waals surface area contributed by atoms with Gasteiger partial charge in [0.1, 0.15) is 11.6 Å². The predicted octanol–water partition coefficient (Wildman–Crippen LogP) is 0.660. The quantitative estimate of drug-likeness (QED) is 0.726. The molecule has 3 atom stereocenters. The Bertz CT molecular complexity index is 877. The molecule has 2 aromatic rings. The van der Waals surface area contributed by atoms with E-state index in [4.69, 9.17) is 0 Å². The Hall–Kier alpha value is -2.77. The molecule has 8 nitrogen and oxygen atoms in total. The van der Waals surface area contributed by atoms with Crippen molar-refractivity contribution in [2.24, 2.45) is 11.8 Å². The zero-order valence-corrected chi connectivity index (χ0v) is 16.0. The molecule has 1 N–H and O–H groups in total. The summed E-state index contributed by atoms with van der Waals surface area (Å²) in [6.45, 7) is 7.37. The molecule has 0 saturated heterocycles. The van der Waals surface area contributed by atoms with Crippen molar-refractivity contribution < 1.29 is 14.7 Å². The van der Waals surface area contributed by atoms with E-state index in [2.05, 4.69) is 15.6 Å². The second kappa shape index (κ2) is 8.75. The van der Waals surface area contributed by atoms with E-state index < -0.39 is 29.5 Å². The van der Waals surface area contributed by atoms with Crippen LogP contribution >= 0.6 is 0 Å². The molecule has 27 heavy (non-hydrogen) atoms. The number of fused-ring (bicyclic) bond motifs is 1. The first-order valence-electron chi connectivity index (χ1n) is 9.11. The molecule has 0 saturated carbocycles. The lowest BCUT2D eigenvalue weighted by atomic mass is 9.97. The van der Waals surface area contributed by atoms with Gasteiger partial charge in [-0.25, -0.2) is 0 Å². The van der Waals surface area contributed by atoms with Gasteiger partial charge in [0.25, 0.3) is 5.56 Å². The number of rotatable bonds is 8. The minimum absolute atomic E-state index is 0.0749. The van der Waals surface area contributed by atoms with Crippen molar-refractivity contribution in [2.75, 3.05) is 0 Å². The molecule has 0 radical (unpaired) electrons. The Kier molecular flexibility index (Phi) is 6.65. The number of amides is 1. The maximum Gasteiger partial charge on any atom is 0.278 e. The zero-order valence-electron chi connectivity index (χ0n) is 16.0. The van der Waals surface area contributed by atoms with Crippen LogP contribution in [0.25, 0.3) is 10.9 Å². The van der Waals surface area contributed by atoms with Gasteiger partial charge in [-0.15, -0.1) is 5.10 Å². The standard InChI is InChI=1S/C19H26N4O4/c1-5-12(4)16(19(26)27)20-17(24)15(10-11(2)3)23-18(25)13-8-6-7-9-14(13)21-22-23/h6-9,11-12,15-16H,5,10H2,1-4H3,(H,20,24)(H,26,27)/p-1/t12-,15-,16+/m1/s1. The molecule has 1 aromatic carbocycles. The van der Waals surface area contributed by atoms with Crippen molar-refractivity contribution in [1.29, 1.82) is 0 Å². The Labute approximate surface area is 157 Å². The fourth-order valence-electron chi connectivity index (χ4n) is 2.89. The van der Waals surface area contributed by atoms with Crippen LogP contribution in [0, 0.1) is 11.8 Å². The highest BCUT2D eigenvalue weighted by molar-refractivity contribution is 5.86. The number of nitrogens with zero attached hydrogens (tertiary/aromatic N) is 3. The van der Waals surface area contributed by atoms with Crippen molar-refractivity contribution in [3.8, 4) is 0 Å². The van der Waals surface area contributed by atoms with Crippen LogP contribution in [0.1, 0.15) is 46.6 Å². The minimum Gasteiger partial charge on any atom is -0.548 e. The van der Waals surface area contributed by atoms with E-state index in [1.54, 1.807) is 31.2 Å². The topological polar surface area (TPSA) is 117 Å². The van der Waals surface area contributed by atoms with Crippen molar-refractivity contribution in [2.45, 2.75) is 52.6 Å². The van der Waals surface area contributed by atoms with E-state index in [-0.39, 0.29) is 11.8 Å². The number of carboxylic acids is 1. The third-order valence-corrected chi connectivity index (χ3v) is 4.65. The Balaban J connectivity index is 2.43. The van der Waals surface area contributed by atoms with E-state index in [9.17, 15) is 19.5 Å². The van der Waals surface area contributed by atoms with Crippen molar-refractivity contribution >= 4 is 22.8 Å². The molecule has 0 bridgehead atoms. The molecule has 0 aliphatic carbocycles. The van der Waals surface area contributed by atoms with Gasteiger partial charge in [-0.2, -0.15) is 4.68 Å². The first kappa shape index (κ1) is 20.5. The smallest absolute Gasteiger partial charge is 0.278 e. The van der Waals surface area contributed by atoms with Crippen LogP contribution in [-0.4, -0.2) is 32.9 Å². The lowest BCUT2D eigenvalue weighted by Gasteiger charge is -2.28. The summed E-state index contributed by atoms with van der Waals surface area (Å²) in [5, 5.41) is 22.3. The minimum atomic E-state index is -1.35. The number of benzene rings is 1. The average molecular weight is 373 g/mol. The molecule has 1 amide bonds. The number of carbonyl (C=O) groups is 2. The summed E-state index contributed by atoms with van der Waals surface area (Å²) >= 11 is 0. The van der Waals surface area contributed by atoms with Gasteiger partial charge in [0, 0.05) is 0 Å². The third kappa shape index (κ3) is 4.69. The van der Waals surface area contributed by atoms with E-state index in [1.807, 2.05) is 20.8 Å². The van der Waals surface area contributed by atoms with Crippen LogP contribution in [0.4, 0.5) is 0 Å². The highest BCUT2D eigenvalue weighted by Gasteiger charge is 2.28. The number of aliphatic carboxylic acids is 1. The van der Waals surface area contributed by atoms with Gasteiger partial charge in [-0.3, -0.25) is 9.59 Å². The molecule has 0 unspecified atom stereocenters. The third-order valence-electron chi connectivity index (χ3n) is 4.65. The van der Waals surface area contributed by atoms with Crippen molar-refractivity contribution in [3.63, 3.8) is 0 Å². The van der Waals surface area contributed by atoms with Crippen LogP contribution in [0.2, 0.25) is 0 Å². The average Bonchev–Trinajstić information content (AvgIpc) is 2.64. The van der Waals surface area contributed by atoms with Crippen LogP contribution in [-0.2, 0) is 9.59 Å². The Morgan fingerprint density at radius 2 is 1.89 bits per heavy atom. The van der Waals surface area contributed by atoms with Gasteiger partial charge in [0.2, 0.25) is 5.91 Å². The van der Waals surface area contributed by atoms with Crippen LogP contribution in [0.3, 0.4) is 0 Å². The molecule has 8 heteroatoms. The molecule has 2 rings (SSSR count). The summed E-state index contributed by atoms with van der Waals surface area (Å²) in [5.41, 5.74) is 0.00427. The Morgan fingerprint density at radius 1 is 1.22 bits per heavy atom. The number of nitrogens with one attached hydrogen (secondary N) is 1. The number of aromatic nitrogens is 3.